The second-order valence-corrected chi connectivity index (χ2v) is 4.93. The number of aliphatic hydroxyl groups excluding tert-OH is 1. The van der Waals surface area contributed by atoms with Crippen molar-refractivity contribution in [3.63, 3.8) is 0 Å². The van der Waals surface area contributed by atoms with Gasteiger partial charge in [0.15, 0.2) is 11.5 Å². The molecular formula is C16H19NO4. The molecule has 0 bridgehead atoms. The van der Waals surface area contributed by atoms with Crippen molar-refractivity contribution < 1.29 is 19.0 Å². The zero-order valence-corrected chi connectivity index (χ0v) is 11.8. The van der Waals surface area contributed by atoms with Crippen molar-refractivity contribution in [2.75, 3.05) is 19.8 Å². The maximum Gasteiger partial charge on any atom is 0.161 e. The normalized spacial score (nSPS) is 13.4. The number of hydrogen-bond acceptors (Lipinski definition) is 5. The maximum absolute atomic E-state index is 8.93. The van der Waals surface area contributed by atoms with Gasteiger partial charge in [-0.05, 0) is 42.8 Å². The van der Waals surface area contributed by atoms with Gasteiger partial charge in [0.1, 0.15) is 31.3 Å². The summed E-state index contributed by atoms with van der Waals surface area (Å²) in [7, 11) is 0. The summed E-state index contributed by atoms with van der Waals surface area (Å²) >= 11 is 0. The summed E-state index contributed by atoms with van der Waals surface area (Å²) in [5.74, 6) is 3.09. The van der Waals surface area contributed by atoms with Gasteiger partial charge in [0.25, 0.3) is 0 Å². The average molecular weight is 289 g/mol. The lowest BCUT2D eigenvalue weighted by Crippen LogP contribution is -2.17. The SMILES string of the molecule is OCc1ccc(CNCCc2ccc3c(c2)OCCO3)o1. The molecule has 1 aromatic carbocycles. The number of benzene rings is 1. The molecule has 1 aliphatic rings. The molecule has 5 heteroatoms. The number of rotatable bonds is 6. The minimum Gasteiger partial charge on any atom is -0.486 e. The molecule has 0 fully saturated rings. The first kappa shape index (κ1) is 14.0. The summed E-state index contributed by atoms with van der Waals surface area (Å²) in [6, 6.07) is 9.73. The Hall–Kier alpha value is -1.98. The van der Waals surface area contributed by atoms with Crippen molar-refractivity contribution in [3.8, 4) is 11.5 Å². The van der Waals surface area contributed by atoms with Crippen LogP contribution in [-0.4, -0.2) is 24.9 Å². The molecule has 112 valence electrons. The second-order valence-electron chi connectivity index (χ2n) is 4.93. The van der Waals surface area contributed by atoms with Crippen LogP contribution >= 0.6 is 0 Å². The Labute approximate surface area is 123 Å². The van der Waals surface area contributed by atoms with E-state index in [-0.39, 0.29) is 6.61 Å². The quantitative estimate of drug-likeness (QED) is 0.795. The smallest absolute Gasteiger partial charge is 0.161 e. The number of hydrogen-bond donors (Lipinski definition) is 2. The Morgan fingerprint density at radius 3 is 2.62 bits per heavy atom. The van der Waals surface area contributed by atoms with Gasteiger partial charge in [-0.15, -0.1) is 0 Å². The summed E-state index contributed by atoms with van der Waals surface area (Å²) in [4.78, 5) is 0. The minimum absolute atomic E-state index is 0.0583. The van der Waals surface area contributed by atoms with Crippen LogP contribution in [0.15, 0.2) is 34.7 Å². The molecule has 3 rings (SSSR count). The minimum atomic E-state index is -0.0583. The number of aliphatic hydroxyl groups is 1. The lowest BCUT2D eigenvalue weighted by atomic mass is 10.1. The molecule has 0 unspecified atom stereocenters. The van der Waals surface area contributed by atoms with Crippen LogP contribution in [0.1, 0.15) is 17.1 Å². The predicted molar refractivity (Wildman–Crippen MR) is 77.5 cm³/mol. The van der Waals surface area contributed by atoms with Crippen molar-refractivity contribution in [3.05, 3.63) is 47.4 Å². The van der Waals surface area contributed by atoms with E-state index >= 15 is 0 Å². The fourth-order valence-corrected chi connectivity index (χ4v) is 2.29. The van der Waals surface area contributed by atoms with E-state index in [4.69, 9.17) is 19.0 Å². The molecule has 0 radical (unpaired) electrons. The van der Waals surface area contributed by atoms with E-state index in [0.29, 0.717) is 25.5 Å². The van der Waals surface area contributed by atoms with Crippen molar-refractivity contribution in [2.24, 2.45) is 0 Å². The highest BCUT2D eigenvalue weighted by Gasteiger charge is 2.11. The van der Waals surface area contributed by atoms with Crippen LogP contribution in [0.3, 0.4) is 0 Å². The third-order valence-corrected chi connectivity index (χ3v) is 3.37. The first-order chi connectivity index (χ1) is 10.3. The Kier molecular flexibility index (Phi) is 4.43. The fourth-order valence-electron chi connectivity index (χ4n) is 2.29. The van der Waals surface area contributed by atoms with E-state index in [0.717, 1.165) is 30.2 Å². The molecule has 0 saturated carbocycles. The molecule has 0 amide bonds. The molecular weight excluding hydrogens is 270 g/mol. The highest BCUT2D eigenvalue weighted by atomic mass is 16.6. The molecule has 1 aromatic heterocycles. The number of nitrogens with one attached hydrogen (secondary N) is 1. The number of ether oxygens (including phenoxy) is 2. The summed E-state index contributed by atoms with van der Waals surface area (Å²) in [6.45, 7) is 2.67. The maximum atomic E-state index is 8.93. The van der Waals surface area contributed by atoms with Gasteiger partial charge >= 0.3 is 0 Å². The average Bonchev–Trinajstić information content (AvgIpc) is 2.99. The Morgan fingerprint density at radius 2 is 1.81 bits per heavy atom. The van der Waals surface area contributed by atoms with Crippen molar-refractivity contribution in [2.45, 2.75) is 19.6 Å². The molecule has 2 N–H and O–H groups in total. The summed E-state index contributed by atoms with van der Waals surface area (Å²) in [6.07, 6.45) is 0.907. The monoisotopic (exact) mass is 289 g/mol. The predicted octanol–water partition coefficient (Wildman–Crippen LogP) is 1.88. The van der Waals surface area contributed by atoms with E-state index in [1.54, 1.807) is 6.07 Å². The van der Waals surface area contributed by atoms with Gasteiger partial charge in [-0.2, -0.15) is 0 Å². The Balaban J connectivity index is 1.47. The molecule has 2 heterocycles. The molecule has 0 saturated heterocycles. The van der Waals surface area contributed by atoms with Crippen molar-refractivity contribution in [1.82, 2.24) is 5.32 Å². The Morgan fingerprint density at radius 1 is 1.00 bits per heavy atom. The van der Waals surface area contributed by atoms with Crippen molar-refractivity contribution >= 4 is 0 Å². The van der Waals surface area contributed by atoms with E-state index in [1.807, 2.05) is 18.2 Å². The molecule has 0 aliphatic carbocycles. The van der Waals surface area contributed by atoms with Crippen LogP contribution < -0.4 is 14.8 Å². The van der Waals surface area contributed by atoms with E-state index in [2.05, 4.69) is 11.4 Å². The van der Waals surface area contributed by atoms with Gasteiger partial charge in [0.2, 0.25) is 0 Å². The highest BCUT2D eigenvalue weighted by molar-refractivity contribution is 5.43. The fraction of sp³-hybridized carbons (Fsp3) is 0.375. The van der Waals surface area contributed by atoms with Gasteiger partial charge in [-0.25, -0.2) is 0 Å². The molecule has 21 heavy (non-hydrogen) atoms. The van der Waals surface area contributed by atoms with Crippen LogP contribution in [0.2, 0.25) is 0 Å². The van der Waals surface area contributed by atoms with Gasteiger partial charge in [-0.3, -0.25) is 0 Å². The highest BCUT2D eigenvalue weighted by Crippen LogP contribution is 2.30. The van der Waals surface area contributed by atoms with E-state index in [9.17, 15) is 0 Å². The molecule has 0 spiro atoms. The number of fused-ring (bicyclic) bond motifs is 1. The van der Waals surface area contributed by atoms with Gasteiger partial charge in [-0.1, -0.05) is 6.07 Å². The Bertz CT molecular complexity index is 594. The number of furan rings is 1. The zero-order valence-electron chi connectivity index (χ0n) is 11.8. The van der Waals surface area contributed by atoms with Crippen LogP contribution in [0.5, 0.6) is 11.5 Å². The third-order valence-electron chi connectivity index (χ3n) is 3.37. The van der Waals surface area contributed by atoms with Gasteiger partial charge < -0.3 is 24.3 Å². The van der Waals surface area contributed by atoms with Crippen LogP contribution in [-0.2, 0) is 19.6 Å². The second kappa shape index (κ2) is 6.65. The van der Waals surface area contributed by atoms with Gasteiger partial charge in [0, 0.05) is 0 Å². The summed E-state index contributed by atoms with van der Waals surface area (Å²) < 4.78 is 16.5. The lowest BCUT2D eigenvalue weighted by molar-refractivity contribution is 0.171. The molecule has 2 aromatic rings. The van der Waals surface area contributed by atoms with Crippen molar-refractivity contribution in [1.29, 1.82) is 0 Å². The van der Waals surface area contributed by atoms with Crippen LogP contribution in [0.4, 0.5) is 0 Å². The van der Waals surface area contributed by atoms with Gasteiger partial charge in [0.05, 0.1) is 6.54 Å². The zero-order chi connectivity index (χ0) is 14.5. The summed E-state index contributed by atoms with van der Waals surface area (Å²) in [5.41, 5.74) is 1.21. The molecule has 1 aliphatic heterocycles. The first-order valence-corrected chi connectivity index (χ1v) is 7.13. The van der Waals surface area contributed by atoms with E-state index < -0.39 is 0 Å². The summed E-state index contributed by atoms with van der Waals surface area (Å²) in [5, 5.41) is 12.3. The van der Waals surface area contributed by atoms with Crippen LogP contribution in [0.25, 0.3) is 0 Å². The lowest BCUT2D eigenvalue weighted by Gasteiger charge is -2.18. The largest absolute Gasteiger partial charge is 0.486 e. The van der Waals surface area contributed by atoms with E-state index in [1.165, 1.54) is 5.56 Å². The third kappa shape index (κ3) is 3.56. The molecule has 5 nitrogen and oxygen atoms in total. The standard InChI is InChI=1S/C16H19NO4/c18-11-14-3-2-13(21-14)10-17-6-5-12-1-4-15-16(9-12)20-8-7-19-15/h1-4,9,17-18H,5-8,10-11H2. The molecule has 0 atom stereocenters. The van der Waals surface area contributed by atoms with Crippen LogP contribution in [0, 0.1) is 0 Å². The topological polar surface area (TPSA) is 63.9 Å². The first-order valence-electron chi connectivity index (χ1n) is 7.13.